The first-order valence-electron chi connectivity index (χ1n) is 7.33. The van der Waals surface area contributed by atoms with Gasteiger partial charge in [0.2, 0.25) is 5.91 Å². The van der Waals surface area contributed by atoms with Gasteiger partial charge in [-0.3, -0.25) is 4.79 Å². The zero-order chi connectivity index (χ0) is 13.5. The van der Waals surface area contributed by atoms with Crippen molar-refractivity contribution in [2.24, 2.45) is 11.7 Å². The number of likely N-dealkylation sites (tertiary alicyclic amines) is 1. The number of carbonyl (C=O) groups excluding carboxylic acids is 1. The van der Waals surface area contributed by atoms with Crippen LogP contribution in [0.4, 0.5) is 0 Å². The standard InChI is InChI=1S/C14H29N3O/c1-4-6-12(11-15)14(18)16(3)13-7-9-17(5-2)10-8-13/h12-13H,4-11,15H2,1-3H3. The van der Waals surface area contributed by atoms with Crippen molar-refractivity contribution in [1.29, 1.82) is 0 Å². The third-order valence-electron chi connectivity index (χ3n) is 4.17. The van der Waals surface area contributed by atoms with E-state index < -0.39 is 0 Å². The monoisotopic (exact) mass is 255 g/mol. The lowest BCUT2D eigenvalue weighted by molar-refractivity contribution is -0.137. The van der Waals surface area contributed by atoms with Crippen molar-refractivity contribution in [1.82, 2.24) is 9.80 Å². The average Bonchev–Trinajstić information content (AvgIpc) is 2.43. The predicted molar refractivity (Wildman–Crippen MR) is 75.4 cm³/mol. The van der Waals surface area contributed by atoms with Gasteiger partial charge in [-0.1, -0.05) is 20.3 Å². The summed E-state index contributed by atoms with van der Waals surface area (Å²) in [4.78, 5) is 16.8. The molecule has 1 aliphatic heterocycles. The van der Waals surface area contributed by atoms with Crippen molar-refractivity contribution in [2.45, 2.75) is 45.6 Å². The topological polar surface area (TPSA) is 49.6 Å². The molecule has 0 aliphatic carbocycles. The highest BCUT2D eigenvalue weighted by molar-refractivity contribution is 5.79. The van der Waals surface area contributed by atoms with E-state index in [1.165, 1.54) is 0 Å². The summed E-state index contributed by atoms with van der Waals surface area (Å²) in [6, 6.07) is 0.409. The third-order valence-corrected chi connectivity index (χ3v) is 4.17. The Balaban J connectivity index is 2.48. The van der Waals surface area contributed by atoms with Crippen LogP contribution >= 0.6 is 0 Å². The molecule has 106 valence electrons. The van der Waals surface area contributed by atoms with Crippen molar-refractivity contribution in [3.8, 4) is 0 Å². The van der Waals surface area contributed by atoms with Gasteiger partial charge in [-0.2, -0.15) is 0 Å². The van der Waals surface area contributed by atoms with Crippen LogP contribution in [0.3, 0.4) is 0 Å². The second kappa shape index (κ2) is 7.74. The molecule has 2 N–H and O–H groups in total. The highest BCUT2D eigenvalue weighted by atomic mass is 16.2. The number of piperidine rings is 1. The number of nitrogens with two attached hydrogens (primary N) is 1. The molecule has 0 saturated carbocycles. The molecule has 0 radical (unpaired) electrons. The Hall–Kier alpha value is -0.610. The lowest BCUT2D eigenvalue weighted by Gasteiger charge is -2.37. The van der Waals surface area contributed by atoms with Crippen LogP contribution in [0.5, 0.6) is 0 Å². The highest BCUT2D eigenvalue weighted by Gasteiger charge is 2.28. The average molecular weight is 255 g/mol. The number of carbonyl (C=O) groups is 1. The van der Waals surface area contributed by atoms with Crippen LogP contribution in [0.25, 0.3) is 0 Å². The normalized spacial score (nSPS) is 19.8. The van der Waals surface area contributed by atoms with Gasteiger partial charge in [0.15, 0.2) is 0 Å². The molecule has 1 saturated heterocycles. The molecule has 4 heteroatoms. The highest BCUT2D eigenvalue weighted by Crippen LogP contribution is 2.18. The minimum absolute atomic E-state index is 0.0178. The summed E-state index contributed by atoms with van der Waals surface area (Å²) in [6.45, 7) is 8.12. The van der Waals surface area contributed by atoms with E-state index in [1.54, 1.807) is 0 Å². The second-order valence-electron chi connectivity index (χ2n) is 5.34. The van der Waals surface area contributed by atoms with Crippen LogP contribution in [-0.2, 0) is 4.79 Å². The molecule has 1 rings (SSSR count). The molecular weight excluding hydrogens is 226 g/mol. The number of rotatable bonds is 6. The SMILES string of the molecule is CCCC(CN)C(=O)N(C)C1CCN(CC)CC1. The summed E-state index contributed by atoms with van der Waals surface area (Å²) >= 11 is 0. The summed E-state index contributed by atoms with van der Waals surface area (Å²) in [5, 5.41) is 0. The maximum Gasteiger partial charge on any atom is 0.226 e. The van der Waals surface area contributed by atoms with Crippen LogP contribution in [-0.4, -0.2) is 55.0 Å². The van der Waals surface area contributed by atoms with Crippen molar-refractivity contribution < 1.29 is 4.79 Å². The van der Waals surface area contributed by atoms with Crippen LogP contribution in [0.1, 0.15) is 39.5 Å². The molecule has 1 unspecified atom stereocenters. The first-order valence-corrected chi connectivity index (χ1v) is 7.33. The van der Waals surface area contributed by atoms with Crippen LogP contribution in [0.15, 0.2) is 0 Å². The van der Waals surface area contributed by atoms with Crippen molar-refractivity contribution >= 4 is 5.91 Å². The van der Waals surface area contributed by atoms with Crippen molar-refractivity contribution in [3.05, 3.63) is 0 Å². The first-order chi connectivity index (χ1) is 8.63. The fourth-order valence-corrected chi connectivity index (χ4v) is 2.78. The van der Waals surface area contributed by atoms with Gasteiger partial charge in [0, 0.05) is 32.7 Å². The molecule has 0 aromatic rings. The van der Waals surface area contributed by atoms with Crippen LogP contribution < -0.4 is 5.73 Å². The summed E-state index contributed by atoms with van der Waals surface area (Å²) in [5.41, 5.74) is 5.71. The molecule has 1 heterocycles. The van der Waals surface area contributed by atoms with E-state index in [-0.39, 0.29) is 11.8 Å². The number of hydrogen-bond acceptors (Lipinski definition) is 3. The van der Waals surface area contributed by atoms with E-state index in [0.29, 0.717) is 12.6 Å². The second-order valence-corrected chi connectivity index (χ2v) is 5.34. The minimum atomic E-state index is 0.0178. The lowest BCUT2D eigenvalue weighted by atomic mass is 9.98. The van der Waals surface area contributed by atoms with Gasteiger partial charge < -0.3 is 15.5 Å². The molecular formula is C14H29N3O. The largest absolute Gasteiger partial charge is 0.342 e. The maximum atomic E-state index is 12.3. The molecule has 1 aliphatic rings. The minimum Gasteiger partial charge on any atom is -0.342 e. The van der Waals surface area contributed by atoms with Crippen LogP contribution in [0, 0.1) is 5.92 Å². The summed E-state index contributed by atoms with van der Waals surface area (Å²) in [5.74, 6) is 0.263. The summed E-state index contributed by atoms with van der Waals surface area (Å²) < 4.78 is 0. The number of hydrogen-bond donors (Lipinski definition) is 1. The Morgan fingerprint density at radius 2 is 2.00 bits per heavy atom. The third kappa shape index (κ3) is 3.95. The van der Waals surface area contributed by atoms with E-state index >= 15 is 0 Å². The Kier molecular flexibility index (Phi) is 6.65. The lowest BCUT2D eigenvalue weighted by Crippen LogP contribution is -2.48. The number of nitrogens with zero attached hydrogens (tertiary/aromatic N) is 2. The molecule has 0 aromatic carbocycles. The van der Waals surface area contributed by atoms with Gasteiger partial charge in [-0.25, -0.2) is 0 Å². The zero-order valence-electron chi connectivity index (χ0n) is 12.2. The quantitative estimate of drug-likeness (QED) is 0.778. The Labute approximate surface area is 111 Å². The molecule has 1 amide bonds. The molecule has 0 aromatic heterocycles. The fraction of sp³-hybridized carbons (Fsp3) is 0.929. The summed E-state index contributed by atoms with van der Waals surface area (Å²) in [6.07, 6.45) is 4.13. The van der Waals surface area contributed by atoms with Gasteiger partial charge in [0.1, 0.15) is 0 Å². The van der Waals surface area contributed by atoms with Gasteiger partial charge in [0.05, 0.1) is 5.92 Å². The van der Waals surface area contributed by atoms with Gasteiger partial charge in [-0.05, 0) is 25.8 Å². The van der Waals surface area contributed by atoms with Gasteiger partial charge >= 0.3 is 0 Å². The molecule has 4 nitrogen and oxygen atoms in total. The molecule has 18 heavy (non-hydrogen) atoms. The molecule has 0 spiro atoms. The molecule has 0 bridgehead atoms. The summed E-state index contributed by atoms with van der Waals surface area (Å²) in [7, 11) is 1.95. The number of amides is 1. The van der Waals surface area contributed by atoms with Gasteiger partial charge in [-0.15, -0.1) is 0 Å². The first kappa shape index (κ1) is 15.4. The van der Waals surface area contributed by atoms with E-state index in [2.05, 4.69) is 18.7 Å². The Morgan fingerprint density at radius 1 is 1.39 bits per heavy atom. The Morgan fingerprint density at radius 3 is 2.44 bits per heavy atom. The molecule has 1 atom stereocenters. The van der Waals surface area contributed by atoms with E-state index in [0.717, 1.165) is 45.3 Å². The van der Waals surface area contributed by atoms with Crippen molar-refractivity contribution in [2.75, 3.05) is 33.2 Å². The zero-order valence-corrected chi connectivity index (χ0v) is 12.2. The Bertz CT molecular complexity index is 249. The van der Waals surface area contributed by atoms with E-state index in [1.807, 2.05) is 11.9 Å². The van der Waals surface area contributed by atoms with E-state index in [9.17, 15) is 4.79 Å². The predicted octanol–water partition coefficient (Wildman–Crippen LogP) is 1.30. The van der Waals surface area contributed by atoms with Crippen LogP contribution in [0.2, 0.25) is 0 Å². The maximum absolute atomic E-state index is 12.3. The smallest absolute Gasteiger partial charge is 0.226 e. The molecule has 1 fully saturated rings. The van der Waals surface area contributed by atoms with Gasteiger partial charge in [0.25, 0.3) is 0 Å². The van der Waals surface area contributed by atoms with E-state index in [4.69, 9.17) is 5.73 Å². The van der Waals surface area contributed by atoms with Crippen molar-refractivity contribution in [3.63, 3.8) is 0 Å². The fourth-order valence-electron chi connectivity index (χ4n) is 2.78.